The molecule has 0 amide bonds. The number of hydrogen-bond acceptors (Lipinski definition) is 0. The highest BCUT2D eigenvalue weighted by Crippen LogP contribution is 2.55. The van der Waals surface area contributed by atoms with Crippen LogP contribution in [0.15, 0.2) is 78.9 Å². The van der Waals surface area contributed by atoms with E-state index in [1.165, 1.54) is 6.08 Å². The lowest BCUT2D eigenvalue weighted by Gasteiger charge is -2.32. The molecule has 27 heavy (non-hydrogen) atoms. The Morgan fingerprint density at radius 2 is 1.30 bits per heavy atom. The van der Waals surface area contributed by atoms with Crippen molar-refractivity contribution >= 4 is 5.57 Å². The molecule has 4 rings (SSSR count). The lowest BCUT2D eigenvalue weighted by molar-refractivity contribution is -0.163. The van der Waals surface area contributed by atoms with Crippen molar-refractivity contribution in [3.63, 3.8) is 0 Å². The molecule has 3 aromatic rings. The van der Waals surface area contributed by atoms with Crippen molar-refractivity contribution in [2.75, 3.05) is 0 Å². The van der Waals surface area contributed by atoms with Gasteiger partial charge in [0.25, 0.3) is 0 Å². The summed E-state index contributed by atoms with van der Waals surface area (Å²) in [4.78, 5) is 0. The maximum atomic E-state index is 14.7. The molecule has 0 N–H and O–H groups in total. The zero-order valence-corrected chi connectivity index (χ0v) is 15.1. The Kier molecular flexibility index (Phi) is 3.99. The normalized spacial score (nSPS) is 18.9. The Bertz CT molecular complexity index is 1010. The molecule has 1 unspecified atom stereocenters. The number of hydrogen-bond donors (Lipinski definition) is 0. The summed E-state index contributed by atoms with van der Waals surface area (Å²) in [6.45, 7) is 3.80. The minimum atomic E-state index is -4.46. The fourth-order valence-corrected chi connectivity index (χ4v) is 3.93. The van der Waals surface area contributed by atoms with Crippen LogP contribution in [-0.4, -0.2) is 6.18 Å². The predicted molar refractivity (Wildman–Crippen MR) is 103 cm³/mol. The van der Waals surface area contributed by atoms with Gasteiger partial charge in [-0.15, -0.1) is 0 Å². The summed E-state index contributed by atoms with van der Waals surface area (Å²) in [7, 11) is 0. The van der Waals surface area contributed by atoms with E-state index in [0.29, 0.717) is 16.7 Å². The van der Waals surface area contributed by atoms with Gasteiger partial charge in [0.15, 0.2) is 0 Å². The minimum absolute atomic E-state index is 0.243. The van der Waals surface area contributed by atoms with Gasteiger partial charge in [0, 0.05) is 0 Å². The maximum absolute atomic E-state index is 14.7. The molecule has 136 valence electrons. The quantitative estimate of drug-likeness (QED) is 0.481. The van der Waals surface area contributed by atoms with Crippen molar-refractivity contribution in [2.24, 2.45) is 0 Å². The second kappa shape index (κ2) is 6.12. The van der Waals surface area contributed by atoms with E-state index < -0.39 is 11.6 Å². The number of benzene rings is 3. The smallest absolute Gasteiger partial charge is 0.169 e. The average molecular weight is 364 g/mol. The SMILES string of the molecule is Cc1cc2c(cc1C)C(c1ccccc1)(C(F)(F)F)C=C2c1ccccc1. The summed E-state index contributed by atoms with van der Waals surface area (Å²) in [5.74, 6) is 0. The molecule has 0 aliphatic heterocycles. The summed E-state index contributed by atoms with van der Waals surface area (Å²) in [6, 6.07) is 21.1. The molecule has 3 aromatic carbocycles. The average Bonchev–Trinajstić information content (AvgIpc) is 2.99. The molecule has 0 spiro atoms. The fraction of sp³-hybridized carbons (Fsp3) is 0.167. The Morgan fingerprint density at radius 3 is 1.89 bits per heavy atom. The van der Waals surface area contributed by atoms with Crippen molar-refractivity contribution in [3.05, 3.63) is 112 Å². The third-order valence-electron chi connectivity index (χ3n) is 5.47. The van der Waals surface area contributed by atoms with Gasteiger partial charge in [-0.05, 0) is 52.8 Å². The third kappa shape index (κ3) is 2.61. The second-order valence-electron chi connectivity index (χ2n) is 7.08. The first kappa shape index (κ1) is 17.6. The number of aryl methyl sites for hydroxylation is 2. The lowest BCUT2D eigenvalue weighted by Crippen LogP contribution is -2.40. The number of rotatable bonds is 2. The number of fused-ring (bicyclic) bond motifs is 1. The third-order valence-corrected chi connectivity index (χ3v) is 5.47. The van der Waals surface area contributed by atoms with Gasteiger partial charge >= 0.3 is 6.18 Å². The fourth-order valence-electron chi connectivity index (χ4n) is 3.93. The summed E-state index contributed by atoms with van der Waals surface area (Å²) >= 11 is 0. The number of allylic oxidation sites excluding steroid dienone is 1. The van der Waals surface area contributed by atoms with Gasteiger partial charge < -0.3 is 0 Å². The molecule has 0 bridgehead atoms. The van der Waals surface area contributed by atoms with Crippen molar-refractivity contribution < 1.29 is 13.2 Å². The summed E-state index contributed by atoms with van der Waals surface area (Å²) in [5, 5.41) is 0. The molecule has 0 nitrogen and oxygen atoms in total. The first-order valence-corrected chi connectivity index (χ1v) is 8.87. The first-order chi connectivity index (χ1) is 12.8. The number of halogens is 3. The highest BCUT2D eigenvalue weighted by atomic mass is 19.4. The van der Waals surface area contributed by atoms with Crippen molar-refractivity contribution in [3.8, 4) is 0 Å². The molecule has 0 saturated heterocycles. The molecule has 3 heteroatoms. The minimum Gasteiger partial charge on any atom is -0.169 e. The van der Waals surface area contributed by atoms with Gasteiger partial charge in [0.1, 0.15) is 5.41 Å². The Labute approximate surface area is 157 Å². The number of alkyl halides is 3. The maximum Gasteiger partial charge on any atom is 0.405 e. The summed E-state index contributed by atoms with van der Waals surface area (Å²) in [6.07, 6.45) is -3.05. The Morgan fingerprint density at radius 1 is 0.741 bits per heavy atom. The van der Waals surface area contributed by atoms with Gasteiger partial charge in [0.2, 0.25) is 0 Å². The standard InChI is InChI=1S/C24H19F3/c1-16-13-20-21(18-9-5-3-6-10-18)15-23(24(25,26)27,22(20)14-17(16)2)19-11-7-4-8-12-19/h3-15H,1-2H3. The predicted octanol–water partition coefficient (Wildman–Crippen LogP) is 6.60. The molecule has 0 saturated carbocycles. The van der Waals surface area contributed by atoms with Gasteiger partial charge in [-0.3, -0.25) is 0 Å². The summed E-state index contributed by atoms with van der Waals surface area (Å²) in [5.41, 5.74) is 2.34. The lowest BCUT2D eigenvalue weighted by atomic mass is 9.75. The monoisotopic (exact) mass is 364 g/mol. The molecule has 1 atom stereocenters. The van der Waals surface area contributed by atoms with E-state index in [0.717, 1.165) is 16.7 Å². The Balaban J connectivity index is 2.11. The van der Waals surface area contributed by atoms with E-state index in [9.17, 15) is 13.2 Å². The highest BCUT2D eigenvalue weighted by Gasteiger charge is 2.59. The molecule has 0 radical (unpaired) electrons. The van der Waals surface area contributed by atoms with E-state index in [4.69, 9.17) is 0 Å². The van der Waals surface area contributed by atoms with Gasteiger partial charge in [0.05, 0.1) is 0 Å². The van der Waals surface area contributed by atoms with Crippen LogP contribution < -0.4 is 0 Å². The molecular weight excluding hydrogens is 345 g/mol. The molecule has 0 heterocycles. The first-order valence-electron chi connectivity index (χ1n) is 8.87. The van der Waals surface area contributed by atoms with Crippen molar-refractivity contribution in [1.82, 2.24) is 0 Å². The van der Waals surface area contributed by atoms with Gasteiger partial charge in [-0.2, -0.15) is 13.2 Å². The van der Waals surface area contributed by atoms with Gasteiger partial charge in [-0.1, -0.05) is 78.9 Å². The van der Waals surface area contributed by atoms with E-state index in [2.05, 4.69) is 0 Å². The van der Waals surface area contributed by atoms with E-state index >= 15 is 0 Å². The van der Waals surface area contributed by atoms with Crippen LogP contribution in [0.5, 0.6) is 0 Å². The van der Waals surface area contributed by atoms with E-state index in [1.807, 2.05) is 50.2 Å². The van der Waals surface area contributed by atoms with Crippen LogP contribution in [-0.2, 0) is 5.41 Å². The van der Waals surface area contributed by atoms with E-state index in [1.54, 1.807) is 36.4 Å². The Hall–Kier alpha value is -2.81. The largest absolute Gasteiger partial charge is 0.405 e. The molecular formula is C24H19F3. The van der Waals surface area contributed by atoms with Crippen molar-refractivity contribution in [2.45, 2.75) is 25.4 Å². The zero-order valence-electron chi connectivity index (χ0n) is 15.1. The van der Waals surface area contributed by atoms with Crippen molar-refractivity contribution in [1.29, 1.82) is 0 Å². The van der Waals surface area contributed by atoms with Crippen LogP contribution in [0.1, 0.15) is 33.4 Å². The zero-order chi connectivity index (χ0) is 19.2. The van der Waals surface area contributed by atoms with Gasteiger partial charge in [-0.25, -0.2) is 0 Å². The van der Waals surface area contributed by atoms with Crippen LogP contribution in [0.4, 0.5) is 13.2 Å². The molecule has 0 fully saturated rings. The topological polar surface area (TPSA) is 0 Å². The van der Waals surface area contributed by atoms with Crippen LogP contribution in [0.3, 0.4) is 0 Å². The van der Waals surface area contributed by atoms with Crippen LogP contribution in [0.2, 0.25) is 0 Å². The highest BCUT2D eigenvalue weighted by molar-refractivity contribution is 5.89. The molecule has 1 aliphatic rings. The summed E-state index contributed by atoms with van der Waals surface area (Å²) < 4.78 is 44.0. The van der Waals surface area contributed by atoms with Crippen LogP contribution in [0, 0.1) is 13.8 Å². The van der Waals surface area contributed by atoms with Crippen LogP contribution in [0.25, 0.3) is 5.57 Å². The molecule has 0 aromatic heterocycles. The molecule has 1 aliphatic carbocycles. The van der Waals surface area contributed by atoms with E-state index in [-0.39, 0.29) is 5.56 Å². The van der Waals surface area contributed by atoms with Crippen LogP contribution >= 0.6 is 0 Å². The second-order valence-corrected chi connectivity index (χ2v) is 7.08.